The number of carbonyl (C=O) groups is 3. The molecule has 0 radical (unpaired) electrons. The second-order valence-corrected chi connectivity index (χ2v) is 13.2. The molecule has 3 aromatic rings. The van der Waals surface area contributed by atoms with Crippen molar-refractivity contribution in [2.45, 2.75) is 48.7 Å². The number of likely N-dealkylation sites (tertiary alicyclic amines) is 1. The Kier molecular flexibility index (Phi) is 10.3. The van der Waals surface area contributed by atoms with Gasteiger partial charge in [-0.05, 0) is 48.1 Å². The molecular formula is C32H37ClN4O5S. The zero-order valence-electron chi connectivity index (χ0n) is 24.1. The summed E-state index contributed by atoms with van der Waals surface area (Å²) in [4.78, 5) is 42.8. The normalized spacial score (nSPS) is 17.3. The summed E-state index contributed by atoms with van der Waals surface area (Å²) in [5, 5.41) is 6.15. The molecule has 2 aliphatic heterocycles. The maximum Gasteiger partial charge on any atom is 0.325 e. The Morgan fingerprint density at radius 2 is 1.51 bits per heavy atom. The predicted molar refractivity (Wildman–Crippen MR) is 166 cm³/mol. The van der Waals surface area contributed by atoms with Crippen LogP contribution in [0.2, 0.25) is 0 Å². The lowest BCUT2D eigenvalue weighted by Gasteiger charge is -2.37. The zero-order chi connectivity index (χ0) is 29.7. The molecule has 3 aromatic carbocycles. The van der Waals surface area contributed by atoms with E-state index in [9.17, 15) is 22.8 Å². The molecule has 0 aliphatic carbocycles. The number of piperidine rings is 1. The van der Waals surface area contributed by atoms with E-state index in [0.717, 1.165) is 23.9 Å². The number of rotatable bonds is 10. The van der Waals surface area contributed by atoms with Crippen LogP contribution in [0, 0.1) is 0 Å². The Bertz CT molecular complexity index is 1530. The van der Waals surface area contributed by atoms with Gasteiger partial charge in [-0.15, -0.1) is 12.4 Å². The fraction of sp³-hybridized carbons (Fsp3) is 0.344. The van der Waals surface area contributed by atoms with E-state index in [0.29, 0.717) is 44.3 Å². The van der Waals surface area contributed by atoms with E-state index in [1.165, 1.54) is 17.0 Å². The summed E-state index contributed by atoms with van der Waals surface area (Å²) in [6.07, 6.45) is 3.17. The number of benzene rings is 3. The third-order valence-electron chi connectivity index (χ3n) is 8.13. The Morgan fingerprint density at radius 1 is 0.907 bits per heavy atom. The fourth-order valence-electron chi connectivity index (χ4n) is 5.69. The second kappa shape index (κ2) is 13.7. The zero-order valence-corrected chi connectivity index (χ0v) is 25.7. The summed E-state index contributed by atoms with van der Waals surface area (Å²) in [6, 6.07) is 25.3. The molecule has 2 heterocycles. The van der Waals surface area contributed by atoms with Crippen LogP contribution in [0.1, 0.15) is 42.0 Å². The van der Waals surface area contributed by atoms with Gasteiger partial charge in [0.15, 0.2) is 9.84 Å². The van der Waals surface area contributed by atoms with Crippen molar-refractivity contribution in [3.05, 3.63) is 102 Å². The smallest absolute Gasteiger partial charge is 0.325 e. The lowest BCUT2D eigenvalue weighted by Crippen LogP contribution is -2.55. The number of urea groups is 1. The van der Waals surface area contributed by atoms with Crippen LogP contribution in [0.25, 0.3) is 0 Å². The van der Waals surface area contributed by atoms with E-state index in [2.05, 4.69) is 15.5 Å². The SMILES string of the molecule is CS(=O)(=O)c1ccc(CN2C(=O)NC3(CCN(CC[C@H](NC(=O)Cc4ccccc4)c4ccccc4)CC3)C2=O)cc1.Cl. The summed E-state index contributed by atoms with van der Waals surface area (Å²) in [5.74, 6) is -0.271. The Balaban J connectivity index is 0.00000423. The minimum absolute atomic E-state index is 0. The number of hydrogen-bond acceptors (Lipinski definition) is 6. The molecule has 0 unspecified atom stereocenters. The number of hydrogen-bond donors (Lipinski definition) is 2. The van der Waals surface area contributed by atoms with E-state index >= 15 is 0 Å². The summed E-state index contributed by atoms with van der Waals surface area (Å²) in [7, 11) is -3.33. The van der Waals surface area contributed by atoms with E-state index in [1.807, 2.05) is 60.7 Å². The molecule has 2 N–H and O–H groups in total. The maximum absolute atomic E-state index is 13.4. The van der Waals surface area contributed by atoms with Crippen molar-refractivity contribution in [2.24, 2.45) is 0 Å². The highest BCUT2D eigenvalue weighted by Gasteiger charge is 2.52. The van der Waals surface area contributed by atoms with Gasteiger partial charge in [-0.2, -0.15) is 0 Å². The first-order valence-electron chi connectivity index (χ1n) is 14.2. The van der Waals surface area contributed by atoms with Crippen LogP contribution in [0.5, 0.6) is 0 Å². The lowest BCUT2D eigenvalue weighted by atomic mass is 9.87. The first-order chi connectivity index (χ1) is 20.1. The van der Waals surface area contributed by atoms with Crippen molar-refractivity contribution in [1.29, 1.82) is 0 Å². The second-order valence-electron chi connectivity index (χ2n) is 11.1. The monoisotopic (exact) mass is 624 g/mol. The highest BCUT2D eigenvalue weighted by molar-refractivity contribution is 7.90. The summed E-state index contributed by atoms with van der Waals surface area (Å²) >= 11 is 0. The molecule has 2 aliphatic rings. The maximum atomic E-state index is 13.4. The van der Waals surface area contributed by atoms with Crippen molar-refractivity contribution in [3.63, 3.8) is 0 Å². The van der Waals surface area contributed by atoms with Crippen molar-refractivity contribution < 1.29 is 22.8 Å². The molecule has 228 valence electrons. The van der Waals surface area contributed by atoms with Gasteiger partial charge in [0.1, 0.15) is 5.54 Å². The summed E-state index contributed by atoms with van der Waals surface area (Å²) < 4.78 is 23.5. The van der Waals surface area contributed by atoms with Crippen molar-refractivity contribution >= 4 is 40.1 Å². The van der Waals surface area contributed by atoms with Crippen molar-refractivity contribution in [3.8, 4) is 0 Å². The molecule has 0 saturated carbocycles. The van der Waals surface area contributed by atoms with Gasteiger partial charge in [0.05, 0.1) is 23.9 Å². The van der Waals surface area contributed by atoms with Gasteiger partial charge in [0, 0.05) is 25.9 Å². The van der Waals surface area contributed by atoms with Crippen LogP contribution in [0.3, 0.4) is 0 Å². The van der Waals surface area contributed by atoms with E-state index < -0.39 is 21.4 Å². The summed E-state index contributed by atoms with van der Waals surface area (Å²) in [6.45, 7) is 2.10. The molecule has 5 rings (SSSR count). The molecule has 2 fully saturated rings. The van der Waals surface area contributed by atoms with E-state index in [-0.39, 0.29) is 41.7 Å². The van der Waals surface area contributed by atoms with Gasteiger partial charge in [0.2, 0.25) is 5.91 Å². The molecular weight excluding hydrogens is 588 g/mol. The predicted octanol–water partition coefficient (Wildman–Crippen LogP) is 3.89. The standard InChI is InChI=1S/C32H36N4O5S.ClH/c1-42(40,41)27-14-12-25(13-15-27)23-36-30(38)32(34-31(36)39)17-20-35(21-18-32)19-16-28(26-10-6-3-7-11-26)33-29(37)22-24-8-4-2-5-9-24;/h2-15,28H,16-23H2,1H3,(H,33,37)(H,34,39);1H/t28-;/m0./s1. The molecule has 0 bridgehead atoms. The third kappa shape index (κ3) is 7.81. The van der Waals surface area contributed by atoms with Gasteiger partial charge in [0.25, 0.3) is 5.91 Å². The largest absolute Gasteiger partial charge is 0.349 e. The number of amides is 4. The Morgan fingerprint density at radius 3 is 2.12 bits per heavy atom. The summed E-state index contributed by atoms with van der Waals surface area (Å²) in [5.41, 5.74) is 1.77. The van der Waals surface area contributed by atoms with Gasteiger partial charge < -0.3 is 15.5 Å². The van der Waals surface area contributed by atoms with Gasteiger partial charge in [-0.1, -0.05) is 72.8 Å². The van der Waals surface area contributed by atoms with Crippen LogP contribution in [-0.2, 0) is 32.4 Å². The Hall–Kier alpha value is -3.73. The quantitative estimate of drug-likeness (QED) is 0.331. The molecule has 43 heavy (non-hydrogen) atoms. The number of imide groups is 1. The molecule has 1 atom stereocenters. The molecule has 4 amide bonds. The fourth-order valence-corrected chi connectivity index (χ4v) is 6.32. The molecule has 11 heteroatoms. The van der Waals surface area contributed by atoms with Crippen LogP contribution in [-0.4, -0.2) is 67.5 Å². The van der Waals surface area contributed by atoms with Gasteiger partial charge in [-0.3, -0.25) is 14.5 Å². The molecule has 0 aromatic heterocycles. The Labute approximate surface area is 259 Å². The van der Waals surface area contributed by atoms with Crippen molar-refractivity contribution in [2.75, 3.05) is 25.9 Å². The van der Waals surface area contributed by atoms with Crippen LogP contribution < -0.4 is 10.6 Å². The highest BCUT2D eigenvalue weighted by Crippen LogP contribution is 2.31. The average molecular weight is 625 g/mol. The molecule has 2 saturated heterocycles. The van der Waals surface area contributed by atoms with Crippen molar-refractivity contribution in [1.82, 2.24) is 20.4 Å². The number of carbonyl (C=O) groups excluding carboxylic acids is 3. The third-order valence-corrected chi connectivity index (χ3v) is 9.25. The van der Waals surface area contributed by atoms with Gasteiger partial charge in [-0.25, -0.2) is 13.2 Å². The molecule has 1 spiro atoms. The topological polar surface area (TPSA) is 116 Å². The lowest BCUT2D eigenvalue weighted by molar-refractivity contribution is -0.133. The number of nitrogens with one attached hydrogen (secondary N) is 2. The van der Waals surface area contributed by atoms with E-state index in [1.54, 1.807) is 12.1 Å². The van der Waals surface area contributed by atoms with Crippen LogP contribution >= 0.6 is 12.4 Å². The first kappa shape index (κ1) is 32.2. The van der Waals surface area contributed by atoms with Crippen LogP contribution in [0.4, 0.5) is 4.79 Å². The number of nitrogens with zero attached hydrogens (tertiary/aromatic N) is 2. The number of sulfone groups is 1. The number of halogens is 1. The minimum atomic E-state index is -3.33. The average Bonchev–Trinajstić information content (AvgIpc) is 3.20. The van der Waals surface area contributed by atoms with Crippen LogP contribution in [0.15, 0.2) is 89.8 Å². The molecule has 9 nitrogen and oxygen atoms in total. The van der Waals surface area contributed by atoms with E-state index in [4.69, 9.17) is 0 Å². The first-order valence-corrected chi connectivity index (χ1v) is 16.1. The minimum Gasteiger partial charge on any atom is -0.349 e. The highest BCUT2D eigenvalue weighted by atomic mass is 35.5. The van der Waals surface area contributed by atoms with Gasteiger partial charge >= 0.3 is 6.03 Å².